The molecule has 2 N–H and O–H groups in total. The fraction of sp³-hybridized carbons (Fsp3) is 0.176. The highest BCUT2D eigenvalue weighted by atomic mass is 35.6. The number of alkyl halides is 3. The molecule has 3 rings (SSSR count). The Balaban J connectivity index is 1.72. The van der Waals surface area contributed by atoms with Crippen LogP contribution in [0.2, 0.25) is 0 Å². The summed E-state index contributed by atoms with van der Waals surface area (Å²) >= 11 is 19.3. The SMILES string of the molecule is O=C(Cc1ccccc1)N[C@@H](Sc1nc2ccccc2[nH]1)C(Cl)(Cl)Cl. The number of halogens is 3. The molecule has 1 amide bonds. The summed E-state index contributed by atoms with van der Waals surface area (Å²) in [6.07, 6.45) is 0.207. The molecule has 3 aromatic rings. The van der Waals surface area contributed by atoms with Crippen molar-refractivity contribution >= 4 is 63.5 Å². The number of nitrogens with one attached hydrogen (secondary N) is 2. The van der Waals surface area contributed by atoms with Gasteiger partial charge < -0.3 is 10.3 Å². The smallest absolute Gasteiger partial charge is 0.225 e. The first-order chi connectivity index (χ1) is 11.9. The molecule has 0 unspecified atom stereocenters. The van der Waals surface area contributed by atoms with E-state index >= 15 is 0 Å². The fourth-order valence-corrected chi connectivity index (χ4v) is 3.69. The average Bonchev–Trinajstić information content (AvgIpc) is 2.96. The van der Waals surface area contributed by atoms with E-state index in [0.717, 1.165) is 16.6 Å². The zero-order valence-corrected chi connectivity index (χ0v) is 16.0. The van der Waals surface area contributed by atoms with Gasteiger partial charge in [-0.25, -0.2) is 4.98 Å². The van der Waals surface area contributed by atoms with Gasteiger partial charge in [-0.2, -0.15) is 0 Å². The molecule has 0 saturated carbocycles. The number of nitrogens with zero attached hydrogens (tertiary/aromatic N) is 1. The Labute approximate surface area is 164 Å². The van der Waals surface area contributed by atoms with Gasteiger partial charge in [-0.1, -0.05) is 89.0 Å². The van der Waals surface area contributed by atoms with Crippen LogP contribution in [0.5, 0.6) is 0 Å². The number of carbonyl (C=O) groups excluding carboxylic acids is 1. The van der Waals surface area contributed by atoms with Crippen molar-refractivity contribution in [1.82, 2.24) is 15.3 Å². The molecule has 130 valence electrons. The van der Waals surface area contributed by atoms with Crippen molar-refractivity contribution in [2.75, 3.05) is 0 Å². The second-order valence-corrected chi connectivity index (χ2v) is 8.79. The molecular weight excluding hydrogens is 401 g/mol. The van der Waals surface area contributed by atoms with Crippen molar-refractivity contribution < 1.29 is 4.79 Å². The summed E-state index contributed by atoms with van der Waals surface area (Å²) in [5.74, 6) is -0.230. The third-order valence-electron chi connectivity index (χ3n) is 3.39. The van der Waals surface area contributed by atoms with Crippen LogP contribution in [0.3, 0.4) is 0 Å². The topological polar surface area (TPSA) is 57.8 Å². The van der Waals surface area contributed by atoms with Crippen molar-refractivity contribution in [3.05, 3.63) is 60.2 Å². The summed E-state index contributed by atoms with van der Waals surface area (Å²) in [7, 11) is 0. The molecule has 1 atom stereocenters. The number of fused-ring (bicyclic) bond motifs is 1. The maximum absolute atomic E-state index is 12.3. The number of amides is 1. The van der Waals surface area contributed by atoms with E-state index in [2.05, 4.69) is 15.3 Å². The van der Waals surface area contributed by atoms with Crippen LogP contribution in [0.25, 0.3) is 11.0 Å². The van der Waals surface area contributed by atoms with Crippen molar-refractivity contribution in [1.29, 1.82) is 0 Å². The summed E-state index contributed by atoms with van der Waals surface area (Å²) in [5.41, 5.74) is 2.57. The first-order valence-corrected chi connectivity index (χ1v) is 9.44. The summed E-state index contributed by atoms with van der Waals surface area (Å²) in [6.45, 7) is 0. The largest absolute Gasteiger partial charge is 0.339 e. The Kier molecular flexibility index (Phi) is 5.79. The van der Waals surface area contributed by atoms with E-state index in [9.17, 15) is 4.79 Å². The van der Waals surface area contributed by atoms with Gasteiger partial charge in [-0.3, -0.25) is 4.79 Å². The minimum Gasteiger partial charge on any atom is -0.339 e. The van der Waals surface area contributed by atoms with E-state index in [0.29, 0.717) is 5.16 Å². The number of benzene rings is 2. The molecule has 0 radical (unpaired) electrons. The van der Waals surface area contributed by atoms with Crippen LogP contribution < -0.4 is 5.32 Å². The van der Waals surface area contributed by atoms with Crippen molar-refractivity contribution in [2.24, 2.45) is 0 Å². The van der Waals surface area contributed by atoms with Crippen molar-refractivity contribution in [3.63, 3.8) is 0 Å². The Morgan fingerprint density at radius 2 is 1.80 bits per heavy atom. The number of aromatic nitrogens is 2. The highest BCUT2D eigenvalue weighted by Crippen LogP contribution is 2.38. The molecule has 0 fully saturated rings. The van der Waals surface area contributed by atoms with E-state index < -0.39 is 9.17 Å². The van der Waals surface area contributed by atoms with Crippen LogP contribution in [0.4, 0.5) is 0 Å². The van der Waals surface area contributed by atoms with E-state index in [-0.39, 0.29) is 12.3 Å². The maximum atomic E-state index is 12.3. The van der Waals surface area contributed by atoms with Crippen LogP contribution in [-0.4, -0.2) is 25.0 Å². The number of thioether (sulfide) groups is 1. The normalized spacial score (nSPS) is 12.9. The van der Waals surface area contributed by atoms with Gasteiger partial charge in [0.25, 0.3) is 0 Å². The van der Waals surface area contributed by atoms with Crippen molar-refractivity contribution in [3.8, 4) is 0 Å². The van der Waals surface area contributed by atoms with Crippen molar-refractivity contribution in [2.45, 2.75) is 20.7 Å². The molecule has 0 bridgehead atoms. The van der Waals surface area contributed by atoms with Gasteiger partial charge in [-0.05, 0) is 17.7 Å². The lowest BCUT2D eigenvalue weighted by atomic mass is 10.1. The Hall–Kier alpha value is -1.40. The summed E-state index contributed by atoms with van der Waals surface area (Å²) < 4.78 is -1.68. The molecule has 0 spiro atoms. The van der Waals surface area contributed by atoms with Gasteiger partial charge in [0.2, 0.25) is 9.70 Å². The average molecular weight is 415 g/mol. The van der Waals surface area contributed by atoms with Gasteiger partial charge in [0, 0.05) is 0 Å². The number of imidazole rings is 1. The van der Waals surface area contributed by atoms with Crippen LogP contribution in [0, 0.1) is 0 Å². The zero-order chi connectivity index (χ0) is 17.9. The Morgan fingerprint density at radius 1 is 1.12 bits per heavy atom. The number of carbonyl (C=O) groups is 1. The minimum atomic E-state index is -1.68. The lowest BCUT2D eigenvalue weighted by molar-refractivity contribution is -0.120. The lowest BCUT2D eigenvalue weighted by Gasteiger charge is -2.24. The monoisotopic (exact) mass is 413 g/mol. The zero-order valence-electron chi connectivity index (χ0n) is 12.9. The number of para-hydroxylation sites is 2. The van der Waals surface area contributed by atoms with Crippen LogP contribution >= 0.6 is 46.6 Å². The predicted molar refractivity (Wildman–Crippen MR) is 104 cm³/mol. The predicted octanol–water partition coefficient (Wildman–Crippen LogP) is 4.71. The summed E-state index contributed by atoms with van der Waals surface area (Å²) in [4.78, 5) is 19.9. The Morgan fingerprint density at radius 3 is 2.48 bits per heavy atom. The molecule has 4 nitrogen and oxygen atoms in total. The second kappa shape index (κ2) is 7.87. The van der Waals surface area contributed by atoms with Gasteiger partial charge in [0.15, 0.2) is 5.16 Å². The van der Waals surface area contributed by atoms with E-state index in [1.165, 1.54) is 11.8 Å². The number of hydrogen-bond donors (Lipinski definition) is 2. The third kappa shape index (κ3) is 5.05. The molecular formula is C17H14Cl3N3OS. The molecule has 2 aromatic carbocycles. The fourth-order valence-electron chi connectivity index (χ4n) is 2.25. The van der Waals surface area contributed by atoms with Gasteiger partial charge in [0.1, 0.15) is 5.37 Å². The number of H-pyrrole nitrogens is 1. The van der Waals surface area contributed by atoms with Gasteiger partial charge in [0.05, 0.1) is 17.5 Å². The van der Waals surface area contributed by atoms with Crippen LogP contribution in [0.15, 0.2) is 59.8 Å². The van der Waals surface area contributed by atoms with Gasteiger partial charge >= 0.3 is 0 Å². The van der Waals surface area contributed by atoms with E-state index in [1.807, 2.05) is 54.6 Å². The molecule has 1 aromatic heterocycles. The number of aromatic amines is 1. The third-order valence-corrected chi connectivity index (χ3v) is 5.56. The summed E-state index contributed by atoms with van der Waals surface area (Å²) in [6, 6.07) is 17.0. The first-order valence-electron chi connectivity index (χ1n) is 7.43. The molecule has 0 saturated heterocycles. The maximum Gasteiger partial charge on any atom is 0.225 e. The van der Waals surface area contributed by atoms with E-state index in [4.69, 9.17) is 34.8 Å². The van der Waals surface area contributed by atoms with Gasteiger partial charge in [-0.15, -0.1) is 0 Å². The summed E-state index contributed by atoms with van der Waals surface area (Å²) in [5, 5.41) is 2.55. The quantitative estimate of drug-likeness (QED) is 0.361. The van der Waals surface area contributed by atoms with Crippen LogP contribution in [-0.2, 0) is 11.2 Å². The molecule has 0 aliphatic heterocycles. The Bertz CT molecular complexity index is 831. The van der Waals surface area contributed by atoms with Crippen LogP contribution in [0.1, 0.15) is 5.56 Å². The molecule has 8 heteroatoms. The first kappa shape index (κ1) is 18.4. The highest BCUT2D eigenvalue weighted by Gasteiger charge is 2.35. The minimum absolute atomic E-state index is 0.207. The van der Waals surface area contributed by atoms with E-state index in [1.54, 1.807) is 0 Å². The molecule has 1 heterocycles. The number of hydrogen-bond acceptors (Lipinski definition) is 3. The standard InChI is InChI=1S/C17H14Cl3N3OS/c18-17(19,20)15(23-14(24)10-11-6-2-1-3-7-11)25-16-21-12-8-4-5-9-13(12)22-16/h1-9,15H,10H2,(H,21,22)(H,23,24)/t15-/m0/s1. The highest BCUT2D eigenvalue weighted by molar-refractivity contribution is 8.00. The molecule has 0 aliphatic rings. The molecule has 25 heavy (non-hydrogen) atoms. The second-order valence-electron chi connectivity index (χ2n) is 5.33. The lowest BCUT2D eigenvalue weighted by Crippen LogP contribution is -2.42. The number of rotatable bonds is 5. The molecule has 0 aliphatic carbocycles.